The smallest absolute Gasteiger partial charge is 0.740 e. The molecule has 0 fully saturated rings. The summed E-state index contributed by atoms with van der Waals surface area (Å²) in [6.45, 7) is 0. The van der Waals surface area contributed by atoms with Crippen molar-refractivity contribution in [3.05, 3.63) is 0 Å². The van der Waals surface area contributed by atoms with Crippen LogP contribution in [0.1, 0.15) is 6.42 Å². The van der Waals surface area contributed by atoms with Crippen molar-refractivity contribution in [2.24, 2.45) is 0 Å². The predicted molar refractivity (Wildman–Crippen MR) is 40.0 cm³/mol. The molecule has 1 N–H and O–H groups in total. The van der Waals surface area contributed by atoms with Gasteiger partial charge < -0.3 is 18.6 Å². The molecule has 0 spiro atoms. The average Bonchev–Trinajstić information content (AvgIpc) is 1.95. The maximum atomic E-state index is 10.7. The number of carboxylic acids is 1. The summed E-state index contributed by atoms with van der Waals surface area (Å²) >= 11 is -3.35. The zero-order valence-corrected chi connectivity index (χ0v) is 11.4. The van der Waals surface area contributed by atoms with Crippen LogP contribution in [0.4, 0.5) is 0 Å². The maximum Gasteiger partial charge on any atom is 1.00 e. The molecule has 0 heterocycles. The zero-order chi connectivity index (χ0) is 12.2. The van der Waals surface area contributed by atoms with Crippen molar-refractivity contribution in [1.82, 2.24) is 0 Å². The number of aliphatic carboxylic acids is 1. The van der Waals surface area contributed by atoms with Gasteiger partial charge in [-0.3, -0.25) is 4.55 Å². The Kier molecular flexibility index (Phi) is 8.38. The number of carbonyl (C=O) groups excluding carboxylic acids is 2. The van der Waals surface area contributed by atoms with E-state index in [1.54, 1.807) is 0 Å². The first kappa shape index (κ1) is 18.3. The van der Waals surface area contributed by atoms with Crippen LogP contribution in [0.15, 0.2) is 0 Å². The van der Waals surface area contributed by atoms with Gasteiger partial charge in [0.2, 0.25) is 0 Å². The zero-order valence-electron chi connectivity index (χ0n) is 7.81. The van der Waals surface area contributed by atoms with Crippen molar-refractivity contribution in [2.45, 2.75) is 11.7 Å². The van der Waals surface area contributed by atoms with Crippen molar-refractivity contribution in [3.63, 3.8) is 0 Å². The van der Waals surface area contributed by atoms with E-state index >= 15 is 0 Å². The molecule has 0 aliphatic carbocycles. The van der Waals surface area contributed by atoms with Gasteiger partial charge in [0.15, 0.2) is 5.25 Å². The summed E-state index contributed by atoms with van der Waals surface area (Å²) in [5.74, 6) is -3.89. The quantitative estimate of drug-likeness (QED) is 0.294. The Labute approximate surface area is 115 Å². The molecule has 2 unspecified atom stereocenters. The Morgan fingerprint density at radius 3 is 2.12 bits per heavy atom. The fourth-order valence-corrected chi connectivity index (χ4v) is 1.53. The van der Waals surface area contributed by atoms with Gasteiger partial charge in [0.1, 0.15) is 11.4 Å². The number of carboxylic acid groups (broad SMARTS) is 1. The molecule has 9 nitrogen and oxygen atoms in total. The molecule has 0 saturated carbocycles. The molecule has 12 heteroatoms. The molecule has 0 amide bonds. The van der Waals surface area contributed by atoms with E-state index < -0.39 is 45.1 Å². The second-order valence-electron chi connectivity index (χ2n) is 2.19. The van der Waals surface area contributed by atoms with Crippen LogP contribution in [-0.2, 0) is 35.3 Å². The van der Waals surface area contributed by atoms with Crippen LogP contribution >= 0.6 is 0 Å². The first-order valence-corrected chi connectivity index (χ1v) is 5.62. The largest absolute Gasteiger partial charge is 1.00 e. The molecule has 88 valence electrons. The van der Waals surface area contributed by atoms with Gasteiger partial charge in [0, 0.05) is 12.4 Å². The minimum absolute atomic E-state index is 0. The molecule has 0 aliphatic heterocycles. The van der Waals surface area contributed by atoms with Gasteiger partial charge in [-0.05, 0) is 0 Å². The van der Waals surface area contributed by atoms with Gasteiger partial charge in [0.25, 0.3) is 10.1 Å². The third-order valence-corrected chi connectivity index (χ3v) is 2.50. The summed E-state index contributed by atoms with van der Waals surface area (Å²) < 4.78 is 52.4. The molecule has 0 radical (unpaired) electrons. The van der Waals surface area contributed by atoms with E-state index in [1.807, 2.05) is 0 Å². The Balaban J connectivity index is 0. The Morgan fingerprint density at radius 1 is 1.44 bits per heavy atom. The van der Waals surface area contributed by atoms with Crippen LogP contribution in [0.3, 0.4) is 0 Å². The monoisotopic (exact) mass is 283 g/mol. The number of rotatable bonds is 5. The van der Waals surface area contributed by atoms with Crippen molar-refractivity contribution in [3.8, 4) is 0 Å². The fraction of sp³-hybridized carbons (Fsp3) is 0.500. The normalized spacial score (nSPS) is 14.4. The molecule has 0 aromatic rings. The predicted octanol–water partition coefficient (Wildman–Crippen LogP) is -6.28. The molecule has 0 aliphatic rings. The van der Waals surface area contributed by atoms with Crippen LogP contribution in [0.5, 0.6) is 0 Å². The molecule has 0 saturated heterocycles. The topological polar surface area (TPSA) is 161 Å². The van der Waals surface area contributed by atoms with E-state index in [2.05, 4.69) is 4.18 Å². The number of hydrogen-bond acceptors (Lipinski definition) is 8. The van der Waals surface area contributed by atoms with Gasteiger partial charge >= 0.3 is 35.5 Å². The van der Waals surface area contributed by atoms with Crippen molar-refractivity contribution in [1.29, 1.82) is 0 Å². The fourth-order valence-electron chi connectivity index (χ4n) is 0.582. The molecule has 0 aromatic heterocycles. The Hall–Kier alpha value is -0.0400. The molecule has 0 rings (SSSR count). The average molecular weight is 283 g/mol. The van der Waals surface area contributed by atoms with Crippen LogP contribution in [-0.4, -0.2) is 38.9 Å². The second kappa shape index (κ2) is 7.32. The SMILES string of the molecule is O=C([O-])CC(C(=O)OS(=O)[O-])S(=O)(=O)O.[Na+]. The van der Waals surface area contributed by atoms with Gasteiger partial charge in [-0.1, -0.05) is 0 Å². The van der Waals surface area contributed by atoms with E-state index in [-0.39, 0.29) is 29.6 Å². The van der Waals surface area contributed by atoms with Gasteiger partial charge in [-0.15, -0.1) is 0 Å². The van der Waals surface area contributed by atoms with E-state index in [1.165, 1.54) is 0 Å². The van der Waals surface area contributed by atoms with E-state index in [9.17, 15) is 31.9 Å². The standard InChI is InChI=1S/C4H6O9S2.Na/c5-3(6)1-2(15(10,11)12)4(7)13-14(8)9;/h2H,1H2,(H,5,6)(H,8,9)(H,10,11,12);/q;+1/p-2. The summed E-state index contributed by atoms with van der Waals surface area (Å²) in [5.41, 5.74) is 0. The molecule has 16 heavy (non-hydrogen) atoms. The van der Waals surface area contributed by atoms with Crippen molar-refractivity contribution in [2.75, 3.05) is 0 Å². The Bertz CT molecular complexity index is 386. The van der Waals surface area contributed by atoms with E-state index in [4.69, 9.17) is 4.55 Å². The number of carbonyl (C=O) groups is 2. The first-order valence-electron chi connectivity index (χ1n) is 3.12. The Morgan fingerprint density at radius 2 is 1.88 bits per heavy atom. The molecule has 0 aromatic carbocycles. The molecule has 0 bridgehead atoms. The van der Waals surface area contributed by atoms with E-state index in [0.717, 1.165) is 0 Å². The number of hydrogen-bond donors (Lipinski definition) is 1. The summed E-state index contributed by atoms with van der Waals surface area (Å²) in [5, 5.41) is 7.47. The second-order valence-corrected chi connectivity index (χ2v) is 4.36. The summed E-state index contributed by atoms with van der Waals surface area (Å²) in [4.78, 5) is 20.7. The van der Waals surface area contributed by atoms with Crippen LogP contribution in [0.25, 0.3) is 0 Å². The summed E-state index contributed by atoms with van der Waals surface area (Å²) in [6.07, 6.45) is -1.41. The van der Waals surface area contributed by atoms with Gasteiger partial charge in [-0.25, -0.2) is 9.00 Å². The summed E-state index contributed by atoms with van der Waals surface area (Å²) in [6, 6.07) is 0. The van der Waals surface area contributed by atoms with Crippen molar-refractivity contribution >= 4 is 33.4 Å². The summed E-state index contributed by atoms with van der Waals surface area (Å²) in [7, 11) is -5.07. The molecular formula is C4H4NaO9S2-. The van der Waals surface area contributed by atoms with Crippen LogP contribution in [0, 0.1) is 0 Å². The minimum atomic E-state index is -5.07. The van der Waals surface area contributed by atoms with Crippen LogP contribution < -0.4 is 34.7 Å². The minimum Gasteiger partial charge on any atom is -0.740 e. The van der Waals surface area contributed by atoms with Crippen LogP contribution in [0.2, 0.25) is 0 Å². The van der Waals surface area contributed by atoms with Gasteiger partial charge in [0.05, 0.1) is 0 Å². The maximum absolute atomic E-state index is 10.7. The third-order valence-electron chi connectivity index (χ3n) is 1.12. The molecule has 2 atom stereocenters. The first-order chi connectivity index (χ1) is 6.64. The molecular weight excluding hydrogens is 279 g/mol. The van der Waals surface area contributed by atoms with Gasteiger partial charge in [-0.2, -0.15) is 8.42 Å². The van der Waals surface area contributed by atoms with E-state index in [0.29, 0.717) is 0 Å². The van der Waals surface area contributed by atoms with Crippen molar-refractivity contribution < 1.29 is 70.2 Å². The third kappa shape index (κ3) is 7.27.